The summed E-state index contributed by atoms with van der Waals surface area (Å²) < 4.78 is 5.35. The first-order valence-electron chi connectivity index (χ1n) is 9.16. The minimum Gasteiger partial charge on any atom is -0.378 e. The molecule has 140 valence electrons. The lowest BCUT2D eigenvalue weighted by Gasteiger charge is -2.28. The Balaban J connectivity index is 1.37. The van der Waals surface area contributed by atoms with Crippen molar-refractivity contribution in [3.05, 3.63) is 48.7 Å². The van der Waals surface area contributed by atoms with Gasteiger partial charge in [0.1, 0.15) is 5.82 Å². The first kappa shape index (κ1) is 17.5. The van der Waals surface area contributed by atoms with Gasteiger partial charge in [-0.05, 0) is 24.3 Å². The Morgan fingerprint density at radius 3 is 2.56 bits per heavy atom. The molecule has 1 aromatic heterocycles. The van der Waals surface area contributed by atoms with Gasteiger partial charge in [-0.25, -0.2) is 4.98 Å². The van der Waals surface area contributed by atoms with Crippen molar-refractivity contribution in [1.29, 1.82) is 0 Å². The Labute approximate surface area is 157 Å². The third-order valence-corrected chi connectivity index (χ3v) is 4.94. The molecule has 2 fully saturated rings. The number of aromatic nitrogens is 1. The number of pyridine rings is 1. The maximum absolute atomic E-state index is 12.6. The molecule has 7 heteroatoms. The van der Waals surface area contributed by atoms with Crippen LogP contribution >= 0.6 is 0 Å². The summed E-state index contributed by atoms with van der Waals surface area (Å²) >= 11 is 0. The number of nitrogens with zero attached hydrogens (tertiary/aromatic N) is 3. The zero-order valence-corrected chi connectivity index (χ0v) is 15.0. The Hall–Kier alpha value is -2.93. The highest BCUT2D eigenvalue weighted by Gasteiger charge is 2.35. The molecule has 0 spiro atoms. The van der Waals surface area contributed by atoms with Gasteiger partial charge >= 0.3 is 0 Å². The number of para-hydroxylation sites is 1. The number of morpholine rings is 1. The molecular weight excluding hydrogens is 344 g/mol. The number of rotatable bonds is 4. The predicted octanol–water partition coefficient (Wildman–Crippen LogP) is 1.91. The predicted molar refractivity (Wildman–Crippen MR) is 103 cm³/mol. The van der Waals surface area contributed by atoms with Gasteiger partial charge in [-0.3, -0.25) is 9.59 Å². The number of anilines is 3. The van der Waals surface area contributed by atoms with Crippen molar-refractivity contribution < 1.29 is 14.3 Å². The second-order valence-corrected chi connectivity index (χ2v) is 6.73. The van der Waals surface area contributed by atoms with E-state index in [1.165, 1.54) is 0 Å². The van der Waals surface area contributed by atoms with E-state index in [-0.39, 0.29) is 24.2 Å². The van der Waals surface area contributed by atoms with Crippen molar-refractivity contribution in [2.24, 2.45) is 5.92 Å². The Kier molecular flexibility index (Phi) is 5.02. The summed E-state index contributed by atoms with van der Waals surface area (Å²) in [5, 5.41) is 2.83. The van der Waals surface area contributed by atoms with Crippen molar-refractivity contribution >= 4 is 29.0 Å². The van der Waals surface area contributed by atoms with Gasteiger partial charge in [0.15, 0.2) is 0 Å². The second kappa shape index (κ2) is 7.75. The molecule has 4 rings (SSSR count). The van der Waals surface area contributed by atoms with Gasteiger partial charge in [-0.1, -0.05) is 18.2 Å². The molecule has 0 saturated carbocycles. The molecule has 1 aromatic carbocycles. The third kappa shape index (κ3) is 3.93. The van der Waals surface area contributed by atoms with Crippen molar-refractivity contribution in [1.82, 2.24) is 4.98 Å². The number of carbonyl (C=O) groups is 2. The molecule has 0 aliphatic carbocycles. The van der Waals surface area contributed by atoms with Crippen molar-refractivity contribution in [2.45, 2.75) is 6.42 Å². The molecule has 2 saturated heterocycles. The zero-order valence-electron chi connectivity index (χ0n) is 15.0. The summed E-state index contributed by atoms with van der Waals surface area (Å²) in [6.07, 6.45) is 1.98. The summed E-state index contributed by atoms with van der Waals surface area (Å²) in [5.74, 6) is -0.0774. The summed E-state index contributed by atoms with van der Waals surface area (Å²) in [6.45, 7) is 3.50. The normalized spacial score (nSPS) is 20.0. The van der Waals surface area contributed by atoms with Crippen LogP contribution in [-0.4, -0.2) is 49.6 Å². The van der Waals surface area contributed by atoms with E-state index in [9.17, 15) is 9.59 Å². The van der Waals surface area contributed by atoms with Crippen LogP contribution in [0.5, 0.6) is 0 Å². The van der Waals surface area contributed by atoms with Gasteiger partial charge in [0.2, 0.25) is 11.8 Å². The van der Waals surface area contributed by atoms with Gasteiger partial charge in [0.05, 0.1) is 31.0 Å². The average Bonchev–Trinajstić information content (AvgIpc) is 3.12. The molecule has 7 nitrogen and oxygen atoms in total. The van der Waals surface area contributed by atoms with Gasteiger partial charge in [-0.2, -0.15) is 0 Å². The van der Waals surface area contributed by atoms with E-state index in [1.807, 2.05) is 36.4 Å². The minimum absolute atomic E-state index is 0.0306. The number of hydrogen-bond acceptors (Lipinski definition) is 5. The lowest BCUT2D eigenvalue weighted by Crippen LogP contribution is -2.36. The number of hydrogen-bond donors (Lipinski definition) is 1. The van der Waals surface area contributed by atoms with Gasteiger partial charge in [0, 0.05) is 31.7 Å². The topological polar surface area (TPSA) is 74.8 Å². The van der Waals surface area contributed by atoms with Gasteiger partial charge in [-0.15, -0.1) is 0 Å². The van der Waals surface area contributed by atoms with Crippen LogP contribution in [0.25, 0.3) is 0 Å². The maximum atomic E-state index is 12.6. The van der Waals surface area contributed by atoms with Crippen LogP contribution < -0.4 is 15.1 Å². The van der Waals surface area contributed by atoms with E-state index in [1.54, 1.807) is 17.2 Å². The molecule has 2 aromatic rings. The van der Waals surface area contributed by atoms with Crippen LogP contribution in [0.3, 0.4) is 0 Å². The molecular formula is C20H22N4O3. The maximum Gasteiger partial charge on any atom is 0.230 e. The fourth-order valence-corrected chi connectivity index (χ4v) is 3.44. The molecule has 2 amide bonds. The van der Waals surface area contributed by atoms with E-state index in [0.29, 0.717) is 25.6 Å². The van der Waals surface area contributed by atoms with Crippen molar-refractivity contribution in [3.8, 4) is 0 Å². The number of amides is 2. The molecule has 2 aliphatic rings. The van der Waals surface area contributed by atoms with Gasteiger partial charge in [0.25, 0.3) is 0 Å². The smallest absolute Gasteiger partial charge is 0.230 e. The summed E-state index contributed by atoms with van der Waals surface area (Å²) in [7, 11) is 0. The molecule has 0 bridgehead atoms. The van der Waals surface area contributed by atoms with Gasteiger partial charge < -0.3 is 19.9 Å². The van der Waals surface area contributed by atoms with Crippen LogP contribution in [0, 0.1) is 5.92 Å². The summed E-state index contributed by atoms with van der Waals surface area (Å²) in [4.78, 5) is 33.1. The first-order valence-corrected chi connectivity index (χ1v) is 9.16. The molecule has 1 atom stereocenters. The van der Waals surface area contributed by atoms with Crippen LogP contribution in [0.1, 0.15) is 6.42 Å². The number of ether oxygens (including phenoxy) is 1. The highest BCUT2D eigenvalue weighted by atomic mass is 16.5. The van der Waals surface area contributed by atoms with E-state index in [4.69, 9.17) is 4.74 Å². The fourth-order valence-electron chi connectivity index (χ4n) is 3.44. The fraction of sp³-hybridized carbons (Fsp3) is 0.350. The zero-order chi connectivity index (χ0) is 18.6. The molecule has 0 radical (unpaired) electrons. The molecule has 1 unspecified atom stereocenters. The third-order valence-electron chi connectivity index (χ3n) is 4.94. The van der Waals surface area contributed by atoms with E-state index < -0.39 is 0 Å². The molecule has 27 heavy (non-hydrogen) atoms. The lowest BCUT2D eigenvalue weighted by atomic mass is 10.1. The molecule has 1 N–H and O–H groups in total. The van der Waals surface area contributed by atoms with Crippen molar-refractivity contribution in [2.75, 3.05) is 48.0 Å². The SMILES string of the molecule is O=C(Nc1ccc(N2CCOCC2)cn1)C1CC(=O)N(c2ccccc2)C1. The standard InChI is InChI=1S/C20H22N4O3/c25-19-12-15(14-24(19)16-4-2-1-3-5-16)20(26)22-18-7-6-17(13-21-18)23-8-10-27-11-9-23/h1-7,13,15H,8-12,14H2,(H,21,22,26). The quantitative estimate of drug-likeness (QED) is 0.895. The minimum atomic E-state index is -0.376. The van der Waals surface area contributed by atoms with Crippen molar-refractivity contribution in [3.63, 3.8) is 0 Å². The lowest BCUT2D eigenvalue weighted by molar-refractivity contribution is -0.122. The molecule has 2 aliphatic heterocycles. The highest BCUT2D eigenvalue weighted by Crippen LogP contribution is 2.26. The number of nitrogens with one attached hydrogen (secondary N) is 1. The van der Waals surface area contributed by atoms with Crippen LogP contribution in [0.2, 0.25) is 0 Å². The Morgan fingerprint density at radius 2 is 1.85 bits per heavy atom. The first-order chi connectivity index (χ1) is 13.2. The summed E-state index contributed by atoms with van der Waals surface area (Å²) in [5.41, 5.74) is 1.84. The van der Waals surface area contributed by atoms with Crippen LogP contribution in [-0.2, 0) is 14.3 Å². The highest BCUT2D eigenvalue weighted by molar-refractivity contribution is 6.03. The van der Waals surface area contributed by atoms with E-state index in [0.717, 1.165) is 24.5 Å². The average molecular weight is 366 g/mol. The summed E-state index contributed by atoms with van der Waals surface area (Å²) in [6, 6.07) is 13.2. The molecule has 3 heterocycles. The number of carbonyl (C=O) groups excluding carboxylic acids is 2. The Morgan fingerprint density at radius 1 is 1.07 bits per heavy atom. The number of benzene rings is 1. The largest absolute Gasteiger partial charge is 0.378 e. The van der Waals surface area contributed by atoms with E-state index >= 15 is 0 Å². The van der Waals surface area contributed by atoms with E-state index in [2.05, 4.69) is 15.2 Å². The second-order valence-electron chi connectivity index (χ2n) is 6.73. The Bertz CT molecular complexity index is 804. The van der Waals surface area contributed by atoms with Crippen LogP contribution in [0.15, 0.2) is 48.7 Å². The monoisotopic (exact) mass is 366 g/mol. The van der Waals surface area contributed by atoms with Crippen LogP contribution in [0.4, 0.5) is 17.2 Å².